The second-order valence-electron chi connectivity index (χ2n) is 8.42. The third kappa shape index (κ3) is 8.33. The minimum Gasteiger partial charge on any atom is -0.481 e. The van der Waals surface area contributed by atoms with Gasteiger partial charge in [-0.1, -0.05) is 60.0 Å². The van der Waals surface area contributed by atoms with Crippen LogP contribution in [0, 0.1) is 11.8 Å². The smallest absolute Gasteiger partial charge is 0.300 e. The molecule has 2 unspecified atom stereocenters. The number of carbonyl (C=O) groups excluding carboxylic acids is 1. The van der Waals surface area contributed by atoms with Crippen LogP contribution < -0.4 is 5.32 Å². The summed E-state index contributed by atoms with van der Waals surface area (Å²) in [5.74, 6) is 0.504. The van der Waals surface area contributed by atoms with Gasteiger partial charge in [0.1, 0.15) is 4.34 Å². The van der Waals surface area contributed by atoms with Crippen LogP contribution in [0.1, 0.15) is 50.5 Å². The zero-order valence-electron chi connectivity index (χ0n) is 20.6. The van der Waals surface area contributed by atoms with Gasteiger partial charge in [0.25, 0.3) is 5.97 Å². The van der Waals surface area contributed by atoms with Crippen LogP contribution in [-0.4, -0.2) is 48.6 Å². The van der Waals surface area contributed by atoms with Crippen molar-refractivity contribution in [2.75, 3.05) is 20.3 Å². The Morgan fingerprint density at radius 3 is 2.71 bits per heavy atom. The number of thiophene rings is 1. The van der Waals surface area contributed by atoms with Gasteiger partial charge in [0.15, 0.2) is 6.29 Å². The van der Waals surface area contributed by atoms with Gasteiger partial charge in [-0.3, -0.25) is 9.59 Å². The number of carboxylic acid groups (broad SMARTS) is 1. The molecule has 0 amide bonds. The number of aromatic amines is 1. The molecule has 0 saturated carbocycles. The zero-order chi connectivity index (χ0) is 26.0. The molecule has 0 radical (unpaired) electrons. The fraction of sp³-hybridized carbons (Fsp3) is 0.462. The summed E-state index contributed by atoms with van der Waals surface area (Å²) in [5.41, 5.74) is 4.47. The highest BCUT2D eigenvalue weighted by Gasteiger charge is 2.35. The van der Waals surface area contributed by atoms with Gasteiger partial charge in [-0.05, 0) is 56.7 Å². The maximum absolute atomic E-state index is 10.4. The average Bonchev–Trinajstić information content (AvgIpc) is 3.40. The molecular formula is C26H34Cl2N2O4S. The number of rotatable bonds is 7. The average molecular weight is 542 g/mol. The fourth-order valence-corrected chi connectivity index (χ4v) is 5.95. The molecule has 0 aliphatic heterocycles. The molecule has 35 heavy (non-hydrogen) atoms. The van der Waals surface area contributed by atoms with Gasteiger partial charge in [-0.15, -0.1) is 11.3 Å². The zero-order valence-corrected chi connectivity index (χ0v) is 22.9. The van der Waals surface area contributed by atoms with E-state index in [9.17, 15) is 4.79 Å². The van der Waals surface area contributed by atoms with E-state index in [1.807, 2.05) is 0 Å². The quantitative estimate of drug-likeness (QED) is 0.262. The van der Waals surface area contributed by atoms with Crippen molar-refractivity contribution in [3.8, 4) is 0 Å². The van der Waals surface area contributed by atoms with Gasteiger partial charge >= 0.3 is 0 Å². The minimum atomic E-state index is -0.833. The number of fused-ring (bicyclic) bond motifs is 1. The molecule has 0 aromatic carbocycles. The number of ether oxygens (including phenoxy) is 1. The first-order chi connectivity index (χ1) is 16.7. The maximum atomic E-state index is 10.4. The van der Waals surface area contributed by atoms with Crippen molar-refractivity contribution in [3.05, 3.63) is 56.6 Å². The van der Waals surface area contributed by atoms with Crippen molar-refractivity contribution in [2.24, 2.45) is 11.8 Å². The van der Waals surface area contributed by atoms with E-state index in [4.69, 9.17) is 37.8 Å². The van der Waals surface area contributed by atoms with E-state index in [-0.39, 0.29) is 0 Å². The lowest BCUT2D eigenvalue weighted by atomic mass is 9.82. The molecule has 0 spiro atoms. The molecule has 3 atom stereocenters. The van der Waals surface area contributed by atoms with E-state index < -0.39 is 5.97 Å². The number of halogens is 2. The van der Waals surface area contributed by atoms with Crippen LogP contribution in [-0.2, 0) is 9.53 Å². The Labute approximate surface area is 221 Å². The third-order valence-electron chi connectivity index (χ3n) is 6.00. The molecule has 6 nitrogen and oxygen atoms in total. The number of nitrogens with one attached hydrogen (secondary N) is 2. The molecule has 2 aliphatic rings. The molecule has 2 aromatic heterocycles. The number of carboxylic acids is 1. The van der Waals surface area contributed by atoms with Crippen LogP contribution in [0.5, 0.6) is 0 Å². The predicted octanol–water partition coefficient (Wildman–Crippen LogP) is 6.91. The Morgan fingerprint density at radius 1 is 1.40 bits per heavy atom. The van der Waals surface area contributed by atoms with Crippen LogP contribution in [0.2, 0.25) is 9.36 Å². The van der Waals surface area contributed by atoms with Crippen molar-refractivity contribution >= 4 is 57.0 Å². The molecule has 3 N–H and O–H groups in total. The monoisotopic (exact) mass is 540 g/mol. The van der Waals surface area contributed by atoms with Crippen molar-refractivity contribution in [1.82, 2.24) is 10.3 Å². The molecule has 9 heteroatoms. The lowest BCUT2D eigenvalue weighted by Crippen LogP contribution is -2.35. The number of allylic oxidation sites excluding steroid dienone is 4. The second kappa shape index (κ2) is 14.6. The highest BCUT2D eigenvalue weighted by Crippen LogP contribution is 2.41. The SMILES string of the molecule is CC(=O)O.CCOCCC(C)[C@@H]1C2=C(C=CC=CC2)CC1NC.O=Cc1cc2sc(Cl)c(Cl)c2[nH]1. The summed E-state index contributed by atoms with van der Waals surface area (Å²) in [6, 6.07) is 2.32. The standard InChI is InChI=1S/C17H27NO.C7H3Cl2NOS.C2H4O2/c1-4-19-11-10-13(2)17-15-9-7-5-6-8-14(15)12-16(17)18-3;8-5-6-4(12-7(5)9)1-3(2-11)10-6;1-2(3)4/h5-8,13,16-18H,4,9-12H2,1-3H3;1-2,10H;1H3,(H,3,4)/t13?,16?,17-;;/m1../s1. The molecule has 2 heterocycles. The third-order valence-corrected chi connectivity index (χ3v) is 7.93. The Morgan fingerprint density at radius 2 is 2.11 bits per heavy atom. The number of aliphatic carboxylic acids is 1. The number of aromatic nitrogens is 1. The second-order valence-corrected chi connectivity index (χ2v) is 10.5. The van der Waals surface area contributed by atoms with E-state index in [0.29, 0.717) is 32.9 Å². The first-order valence-corrected chi connectivity index (χ1v) is 13.2. The van der Waals surface area contributed by atoms with Crippen LogP contribution >= 0.6 is 34.5 Å². The van der Waals surface area contributed by atoms with Crippen molar-refractivity contribution in [3.63, 3.8) is 0 Å². The highest BCUT2D eigenvalue weighted by molar-refractivity contribution is 7.23. The number of hydrogen-bond donors (Lipinski definition) is 3. The normalized spacial score (nSPS) is 19.4. The maximum Gasteiger partial charge on any atom is 0.300 e. The topological polar surface area (TPSA) is 91.4 Å². The predicted molar refractivity (Wildman–Crippen MR) is 146 cm³/mol. The van der Waals surface area contributed by atoms with Gasteiger partial charge in [0.2, 0.25) is 0 Å². The summed E-state index contributed by atoms with van der Waals surface area (Å²) in [4.78, 5) is 22.2. The summed E-state index contributed by atoms with van der Waals surface area (Å²) in [6.45, 7) is 7.24. The summed E-state index contributed by atoms with van der Waals surface area (Å²) in [7, 11) is 2.10. The first kappa shape index (κ1) is 29.3. The van der Waals surface area contributed by atoms with Crippen molar-refractivity contribution in [1.29, 1.82) is 0 Å². The summed E-state index contributed by atoms with van der Waals surface area (Å²) in [5, 5.41) is 11.4. The van der Waals surface area contributed by atoms with Gasteiger partial charge in [-0.2, -0.15) is 0 Å². The van der Waals surface area contributed by atoms with E-state index in [2.05, 4.69) is 55.5 Å². The summed E-state index contributed by atoms with van der Waals surface area (Å²) < 4.78 is 6.99. The van der Waals surface area contributed by atoms with Crippen LogP contribution in [0.25, 0.3) is 10.2 Å². The Kier molecular flexibility index (Phi) is 12.2. The highest BCUT2D eigenvalue weighted by atomic mass is 35.5. The van der Waals surface area contributed by atoms with Crippen molar-refractivity contribution < 1.29 is 19.4 Å². The molecule has 0 fully saturated rings. The van der Waals surface area contributed by atoms with Crippen molar-refractivity contribution in [2.45, 2.75) is 46.1 Å². The Hall–Kier alpha value is -1.90. The minimum absolute atomic E-state index is 0.491. The van der Waals surface area contributed by atoms with E-state index in [1.165, 1.54) is 17.8 Å². The van der Waals surface area contributed by atoms with Crippen LogP contribution in [0.4, 0.5) is 0 Å². The number of H-pyrrole nitrogens is 1. The largest absolute Gasteiger partial charge is 0.481 e. The number of carbonyl (C=O) groups is 2. The molecule has 0 saturated heterocycles. The fourth-order valence-electron chi connectivity index (χ4n) is 4.46. The Bertz CT molecular complexity index is 1080. The Balaban J connectivity index is 0.000000229. The van der Waals surface area contributed by atoms with Gasteiger partial charge in [0, 0.05) is 26.2 Å². The molecular weight excluding hydrogens is 507 g/mol. The number of hydrogen-bond acceptors (Lipinski definition) is 5. The van der Waals surface area contributed by atoms with Crippen LogP contribution in [0.15, 0.2) is 41.5 Å². The molecule has 2 aliphatic carbocycles. The first-order valence-electron chi connectivity index (χ1n) is 11.6. The summed E-state index contributed by atoms with van der Waals surface area (Å²) >= 11 is 13.0. The summed E-state index contributed by atoms with van der Waals surface area (Å²) in [6.07, 6.45) is 13.1. The lowest BCUT2D eigenvalue weighted by Gasteiger charge is -2.28. The van der Waals surface area contributed by atoms with E-state index in [1.54, 1.807) is 17.2 Å². The van der Waals surface area contributed by atoms with Gasteiger partial charge < -0.3 is 20.1 Å². The number of aldehydes is 1. The van der Waals surface area contributed by atoms with Gasteiger partial charge in [0.05, 0.1) is 20.9 Å². The van der Waals surface area contributed by atoms with Gasteiger partial charge in [-0.25, -0.2) is 0 Å². The van der Waals surface area contributed by atoms with E-state index in [0.717, 1.165) is 49.5 Å². The molecule has 192 valence electrons. The molecule has 2 aromatic rings. The lowest BCUT2D eigenvalue weighted by molar-refractivity contribution is -0.134. The molecule has 0 bridgehead atoms. The molecule has 4 rings (SSSR count). The van der Waals surface area contributed by atoms with E-state index >= 15 is 0 Å². The van der Waals surface area contributed by atoms with Crippen LogP contribution in [0.3, 0.4) is 0 Å².